The first kappa shape index (κ1) is 11.0. The molecule has 0 unspecified atom stereocenters. The summed E-state index contributed by atoms with van der Waals surface area (Å²) in [6, 6.07) is 0. The van der Waals surface area contributed by atoms with Crippen molar-refractivity contribution in [3.8, 4) is 0 Å². The van der Waals surface area contributed by atoms with Crippen LogP contribution in [0.4, 0.5) is 0 Å². The highest BCUT2D eigenvalue weighted by atomic mass is 15.1. The molecule has 0 aliphatic carbocycles. The number of guanidine groups is 1. The lowest BCUT2D eigenvalue weighted by molar-refractivity contribution is 0.301. The van der Waals surface area contributed by atoms with E-state index >= 15 is 0 Å². The molecule has 1 heterocycles. The predicted molar refractivity (Wildman–Crippen MR) is 60.1 cm³/mol. The number of nitrogens with zero attached hydrogens (tertiary/aromatic N) is 2. The number of aliphatic imine (C=N–C) groups is 1. The van der Waals surface area contributed by atoms with Crippen LogP contribution in [0.15, 0.2) is 16.6 Å². The molecule has 1 aliphatic heterocycles. The Kier molecular flexibility index (Phi) is 4.46. The Morgan fingerprint density at radius 3 is 2.86 bits per heavy atom. The molecule has 0 aromatic heterocycles. The normalized spacial score (nSPS) is 17.6. The molecule has 0 bridgehead atoms. The molecule has 4 nitrogen and oxygen atoms in total. The van der Waals surface area contributed by atoms with Gasteiger partial charge in [0.15, 0.2) is 5.96 Å². The second-order valence-corrected chi connectivity index (χ2v) is 3.57. The van der Waals surface area contributed by atoms with Crippen LogP contribution in [0.5, 0.6) is 0 Å². The third-order valence-corrected chi connectivity index (χ3v) is 2.55. The maximum atomic E-state index is 5.25. The van der Waals surface area contributed by atoms with Crippen molar-refractivity contribution in [2.24, 2.45) is 16.5 Å². The zero-order valence-electron chi connectivity index (χ0n) is 8.87. The monoisotopic (exact) mass is 196 g/mol. The van der Waals surface area contributed by atoms with E-state index in [-0.39, 0.29) is 5.96 Å². The summed E-state index contributed by atoms with van der Waals surface area (Å²) in [5.41, 5.74) is 12.1. The minimum Gasteiger partial charge on any atom is -0.370 e. The molecular weight excluding hydrogens is 176 g/mol. The van der Waals surface area contributed by atoms with Gasteiger partial charge < -0.3 is 11.5 Å². The summed E-state index contributed by atoms with van der Waals surface area (Å²) in [6.07, 6.45) is 4.69. The summed E-state index contributed by atoms with van der Waals surface area (Å²) in [6.45, 7) is 6.05. The third-order valence-electron chi connectivity index (χ3n) is 2.55. The zero-order valence-corrected chi connectivity index (χ0v) is 8.87. The van der Waals surface area contributed by atoms with Gasteiger partial charge in [-0.1, -0.05) is 18.6 Å². The van der Waals surface area contributed by atoms with Crippen LogP contribution in [-0.4, -0.2) is 37.0 Å². The van der Waals surface area contributed by atoms with E-state index in [1.54, 1.807) is 5.57 Å². The highest BCUT2D eigenvalue weighted by molar-refractivity contribution is 5.75. The van der Waals surface area contributed by atoms with Crippen LogP contribution < -0.4 is 11.5 Å². The van der Waals surface area contributed by atoms with Gasteiger partial charge in [0.1, 0.15) is 0 Å². The van der Waals surface area contributed by atoms with Gasteiger partial charge in [-0.15, -0.1) is 0 Å². The number of hydrogen-bond acceptors (Lipinski definition) is 2. The largest absolute Gasteiger partial charge is 0.370 e. The summed E-state index contributed by atoms with van der Waals surface area (Å²) >= 11 is 0. The molecule has 4 N–H and O–H groups in total. The van der Waals surface area contributed by atoms with E-state index in [0.717, 1.165) is 19.6 Å². The van der Waals surface area contributed by atoms with Gasteiger partial charge in [0.2, 0.25) is 0 Å². The summed E-state index contributed by atoms with van der Waals surface area (Å²) in [5.74, 6) is 0.187. The molecule has 0 saturated heterocycles. The van der Waals surface area contributed by atoms with Crippen molar-refractivity contribution in [3.05, 3.63) is 11.6 Å². The summed E-state index contributed by atoms with van der Waals surface area (Å²) < 4.78 is 0. The highest BCUT2D eigenvalue weighted by Crippen LogP contribution is 2.12. The van der Waals surface area contributed by atoms with Crippen LogP contribution in [0.2, 0.25) is 0 Å². The molecule has 0 fully saturated rings. The van der Waals surface area contributed by atoms with Crippen molar-refractivity contribution in [3.63, 3.8) is 0 Å². The Morgan fingerprint density at radius 1 is 1.57 bits per heavy atom. The second-order valence-electron chi connectivity index (χ2n) is 3.57. The lowest BCUT2D eigenvalue weighted by Gasteiger charge is -2.25. The van der Waals surface area contributed by atoms with Gasteiger partial charge in [-0.3, -0.25) is 9.89 Å². The summed E-state index contributed by atoms with van der Waals surface area (Å²) in [7, 11) is 0. The Balaban J connectivity index is 2.23. The molecule has 14 heavy (non-hydrogen) atoms. The van der Waals surface area contributed by atoms with Crippen LogP contribution in [-0.2, 0) is 0 Å². The van der Waals surface area contributed by atoms with Crippen LogP contribution in [0, 0.1) is 0 Å². The Labute approximate surface area is 85.7 Å². The molecule has 0 aromatic carbocycles. The Morgan fingerprint density at radius 2 is 2.36 bits per heavy atom. The number of nitrogens with two attached hydrogens (primary N) is 2. The van der Waals surface area contributed by atoms with Gasteiger partial charge >= 0.3 is 0 Å². The fourth-order valence-corrected chi connectivity index (χ4v) is 1.60. The molecule has 80 valence electrons. The summed E-state index contributed by atoms with van der Waals surface area (Å²) in [4.78, 5) is 6.33. The van der Waals surface area contributed by atoms with Crippen LogP contribution in [0.25, 0.3) is 0 Å². The second kappa shape index (κ2) is 5.65. The Bertz CT molecular complexity index is 228. The minimum atomic E-state index is 0.187. The first-order valence-corrected chi connectivity index (χ1v) is 5.18. The van der Waals surface area contributed by atoms with Crippen LogP contribution in [0.1, 0.15) is 19.8 Å². The van der Waals surface area contributed by atoms with Gasteiger partial charge in [0.25, 0.3) is 0 Å². The van der Waals surface area contributed by atoms with Crippen molar-refractivity contribution in [2.45, 2.75) is 19.8 Å². The number of rotatable bonds is 4. The van der Waals surface area contributed by atoms with Gasteiger partial charge in [-0.25, -0.2) is 0 Å². The first-order valence-electron chi connectivity index (χ1n) is 5.18. The van der Waals surface area contributed by atoms with E-state index in [4.69, 9.17) is 11.5 Å². The average Bonchev–Trinajstić information content (AvgIpc) is 2.18. The molecule has 0 amide bonds. The van der Waals surface area contributed by atoms with E-state index in [2.05, 4.69) is 22.9 Å². The maximum Gasteiger partial charge on any atom is 0.185 e. The van der Waals surface area contributed by atoms with E-state index in [1.165, 1.54) is 12.8 Å². The summed E-state index contributed by atoms with van der Waals surface area (Å²) in [5, 5.41) is 0. The third kappa shape index (κ3) is 3.79. The number of hydrogen-bond donors (Lipinski definition) is 2. The smallest absolute Gasteiger partial charge is 0.185 e. The Hall–Kier alpha value is -1.03. The van der Waals surface area contributed by atoms with Crippen LogP contribution in [0.3, 0.4) is 0 Å². The van der Waals surface area contributed by atoms with E-state index in [0.29, 0.717) is 6.54 Å². The molecule has 0 spiro atoms. The molecular formula is C10H20N4. The standard InChI is InChI=1S/C10H20N4/c1-2-9-3-6-14(7-4-9)8-5-13-10(11)12/h3H,2,4-8H2,1H3,(H4,11,12,13). The quantitative estimate of drug-likeness (QED) is 0.386. The average molecular weight is 196 g/mol. The van der Waals surface area contributed by atoms with Gasteiger partial charge in [-0.2, -0.15) is 0 Å². The fraction of sp³-hybridized carbons (Fsp3) is 0.700. The lowest BCUT2D eigenvalue weighted by Crippen LogP contribution is -2.32. The van der Waals surface area contributed by atoms with Gasteiger partial charge in [-0.05, 0) is 12.8 Å². The van der Waals surface area contributed by atoms with Crippen molar-refractivity contribution >= 4 is 5.96 Å². The predicted octanol–water partition coefficient (Wildman–Crippen LogP) is 0.302. The van der Waals surface area contributed by atoms with Gasteiger partial charge in [0, 0.05) is 19.6 Å². The van der Waals surface area contributed by atoms with E-state index in [1.807, 2.05) is 0 Å². The molecule has 0 atom stereocenters. The van der Waals surface area contributed by atoms with Gasteiger partial charge in [0.05, 0.1) is 6.54 Å². The highest BCUT2D eigenvalue weighted by Gasteiger charge is 2.09. The SMILES string of the molecule is CCC1=CCN(CCN=C(N)N)CC1. The van der Waals surface area contributed by atoms with E-state index < -0.39 is 0 Å². The maximum absolute atomic E-state index is 5.25. The van der Waals surface area contributed by atoms with E-state index in [9.17, 15) is 0 Å². The van der Waals surface area contributed by atoms with Crippen molar-refractivity contribution in [1.82, 2.24) is 4.90 Å². The molecule has 1 rings (SSSR count). The van der Waals surface area contributed by atoms with Crippen molar-refractivity contribution < 1.29 is 0 Å². The molecule has 0 saturated carbocycles. The minimum absolute atomic E-state index is 0.187. The first-order chi connectivity index (χ1) is 6.72. The molecule has 4 heteroatoms. The molecule has 0 aromatic rings. The molecule has 0 radical (unpaired) electrons. The molecule has 1 aliphatic rings. The fourth-order valence-electron chi connectivity index (χ4n) is 1.60. The van der Waals surface area contributed by atoms with Crippen molar-refractivity contribution in [1.29, 1.82) is 0 Å². The topological polar surface area (TPSA) is 67.6 Å². The van der Waals surface area contributed by atoms with Crippen LogP contribution >= 0.6 is 0 Å². The zero-order chi connectivity index (χ0) is 10.4. The lowest BCUT2D eigenvalue weighted by atomic mass is 10.1. The van der Waals surface area contributed by atoms with Crippen molar-refractivity contribution in [2.75, 3.05) is 26.2 Å².